The first-order valence-electron chi connectivity index (χ1n) is 11.3. The number of methoxy groups -OCH3 is 1. The Morgan fingerprint density at radius 3 is 2.56 bits per heavy atom. The molecular weight excluding hydrogens is 404 g/mol. The normalized spacial score (nSPS) is 19.3. The van der Waals surface area contributed by atoms with Gasteiger partial charge in [-0.25, -0.2) is 0 Å². The van der Waals surface area contributed by atoms with Crippen molar-refractivity contribution in [3.05, 3.63) is 48.0 Å². The van der Waals surface area contributed by atoms with Crippen LogP contribution in [-0.4, -0.2) is 63.1 Å². The van der Waals surface area contributed by atoms with E-state index in [2.05, 4.69) is 34.2 Å². The van der Waals surface area contributed by atoms with Crippen molar-refractivity contribution >= 4 is 28.9 Å². The molecule has 32 heavy (non-hydrogen) atoms. The van der Waals surface area contributed by atoms with E-state index in [1.54, 1.807) is 12.0 Å². The van der Waals surface area contributed by atoms with Gasteiger partial charge in [-0.1, -0.05) is 13.0 Å². The van der Waals surface area contributed by atoms with Crippen LogP contribution in [0, 0.1) is 12.8 Å². The third kappa shape index (κ3) is 4.72. The molecule has 2 aliphatic heterocycles. The van der Waals surface area contributed by atoms with Gasteiger partial charge in [0, 0.05) is 62.3 Å². The molecule has 7 nitrogen and oxygen atoms in total. The Hall–Kier alpha value is -3.06. The SMILES string of the molecule is CCN1CCN(c2ccc(NC(=O)[C@@H]3CC(=O)N(c4cccc(OC)c4)C3)c(C)c2)CC1. The number of likely N-dealkylation sites (N-methyl/N-ethyl adjacent to an activating group) is 1. The monoisotopic (exact) mass is 436 g/mol. The predicted octanol–water partition coefficient (Wildman–Crippen LogP) is 3.14. The third-order valence-electron chi connectivity index (χ3n) is 6.51. The molecule has 0 bridgehead atoms. The number of benzene rings is 2. The lowest BCUT2D eigenvalue weighted by Crippen LogP contribution is -2.46. The van der Waals surface area contributed by atoms with Gasteiger partial charge >= 0.3 is 0 Å². The Bertz CT molecular complexity index is 985. The lowest BCUT2D eigenvalue weighted by Gasteiger charge is -2.35. The van der Waals surface area contributed by atoms with E-state index in [0.717, 1.165) is 49.7 Å². The summed E-state index contributed by atoms with van der Waals surface area (Å²) in [5.74, 6) is 0.151. The fourth-order valence-electron chi connectivity index (χ4n) is 4.45. The number of carbonyl (C=O) groups is 2. The molecule has 0 aliphatic carbocycles. The highest BCUT2D eigenvalue weighted by Crippen LogP contribution is 2.29. The van der Waals surface area contributed by atoms with Gasteiger partial charge in [0.2, 0.25) is 11.8 Å². The summed E-state index contributed by atoms with van der Waals surface area (Å²) in [5.41, 5.74) is 3.78. The van der Waals surface area contributed by atoms with Crippen LogP contribution in [0.4, 0.5) is 17.1 Å². The summed E-state index contributed by atoms with van der Waals surface area (Å²) in [6.07, 6.45) is 0.210. The summed E-state index contributed by atoms with van der Waals surface area (Å²) >= 11 is 0. The lowest BCUT2D eigenvalue weighted by molar-refractivity contribution is -0.122. The highest BCUT2D eigenvalue weighted by molar-refractivity contribution is 6.03. The van der Waals surface area contributed by atoms with Crippen molar-refractivity contribution in [1.29, 1.82) is 0 Å². The zero-order valence-electron chi connectivity index (χ0n) is 19.1. The van der Waals surface area contributed by atoms with Crippen molar-refractivity contribution in [1.82, 2.24) is 4.90 Å². The molecule has 2 aromatic carbocycles. The molecule has 2 heterocycles. The second-order valence-electron chi connectivity index (χ2n) is 8.52. The van der Waals surface area contributed by atoms with Crippen molar-refractivity contribution in [2.75, 3.05) is 61.5 Å². The largest absolute Gasteiger partial charge is 0.497 e. The van der Waals surface area contributed by atoms with Gasteiger partial charge in [-0.15, -0.1) is 0 Å². The van der Waals surface area contributed by atoms with E-state index in [-0.39, 0.29) is 24.2 Å². The van der Waals surface area contributed by atoms with E-state index >= 15 is 0 Å². The summed E-state index contributed by atoms with van der Waals surface area (Å²) in [4.78, 5) is 32.0. The van der Waals surface area contributed by atoms with E-state index in [1.807, 2.05) is 37.3 Å². The third-order valence-corrected chi connectivity index (χ3v) is 6.51. The molecule has 2 aliphatic rings. The number of nitrogens with one attached hydrogen (secondary N) is 1. The number of ether oxygens (including phenoxy) is 1. The Labute approximate surface area is 189 Å². The van der Waals surface area contributed by atoms with Crippen LogP contribution < -0.4 is 19.9 Å². The maximum absolute atomic E-state index is 12.9. The van der Waals surface area contributed by atoms with E-state index in [9.17, 15) is 9.59 Å². The van der Waals surface area contributed by atoms with Crippen molar-refractivity contribution < 1.29 is 14.3 Å². The minimum Gasteiger partial charge on any atom is -0.497 e. The molecule has 0 radical (unpaired) electrons. The maximum Gasteiger partial charge on any atom is 0.229 e. The summed E-state index contributed by atoms with van der Waals surface area (Å²) in [6.45, 7) is 9.87. The molecule has 2 fully saturated rings. The summed E-state index contributed by atoms with van der Waals surface area (Å²) < 4.78 is 5.26. The predicted molar refractivity (Wildman–Crippen MR) is 128 cm³/mol. The number of carbonyl (C=O) groups excluding carboxylic acids is 2. The average molecular weight is 437 g/mol. The molecule has 2 saturated heterocycles. The van der Waals surface area contributed by atoms with Crippen LogP contribution in [-0.2, 0) is 9.59 Å². The minimum absolute atomic E-state index is 0.0447. The quantitative estimate of drug-likeness (QED) is 0.754. The van der Waals surface area contributed by atoms with Gasteiger partial charge < -0.3 is 24.8 Å². The van der Waals surface area contributed by atoms with Crippen molar-refractivity contribution in [2.45, 2.75) is 20.3 Å². The van der Waals surface area contributed by atoms with Crippen LogP contribution in [0.15, 0.2) is 42.5 Å². The molecule has 0 unspecified atom stereocenters. The number of anilines is 3. The standard InChI is InChI=1S/C25H32N4O3/c1-4-27-10-12-28(13-11-27)20-8-9-23(18(2)14-20)26-25(31)19-15-24(30)29(17-19)21-6-5-7-22(16-21)32-3/h5-9,14,16,19H,4,10-13,15,17H2,1-3H3,(H,26,31)/t19-/m1/s1. The van der Waals surface area contributed by atoms with Crippen molar-refractivity contribution in [3.8, 4) is 5.75 Å². The molecule has 7 heteroatoms. The van der Waals surface area contributed by atoms with Crippen LogP contribution in [0.5, 0.6) is 5.75 Å². The summed E-state index contributed by atoms with van der Waals surface area (Å²) in [7, 11) is 1.60. The molecule has 0 aromatic heterocycles. The molecular formula is C25H32N4O3. The highest BCUT2D eigenvalue weighted by Gasteiger charge is 2.35. The molecule has 170 valence electrons. The van der Waals surface area contributed by atoms with Gasteiger partial charge in [0.25, 0.3) is 0 Å². The van der Waals surface area contributed by atoms with Crippen molar-refractivity contribution in [2.24, 2.45) is 5.92 Å². The van der Waals surface area contributed by atoms with E-state index in [1.165, 1.54) is 5.69 Å². The lowest BCUT2D eigenvalue weighted by atomic mass is 10.1. The fourth-order valence-corrected chi connectivity index (χ4v) is 4.45. The van der Waals surface area contributed by atoms with Gasteiger partial charge in [-0.05, 0) is 49.4 Å². The maximum atomic E-state index is 12.9. The average Bonchev–Trinajstić information content (AvgIpc) is 3.22. The second kappa shape index (κ2) is 9.61. The first kappa shape index (κ1) is 22.1. The molecule has 2 aromatic rings. The number of aryl methyl sites for hydroxylation is 1. The molecule has 0 saturated carbocycles. The molecule has 4 rings (SSSR count). The molecule has 1 N–H and O–H groups in total. The number of rotatable bonds is 6. The van der Waals surface area contributed by atoms with Crippen molar-refractivity contribution in [3.63, 3.8) is 0 Å². The summed E-state index contributed by atoms with van der Waals surface area (Å²) in [6, 6.07) is 13.6. The zero-order chi connectivity index (χ0) is 22.7. The van der Waals surface area contributed by atoms with Crippen LogP contribution in [0.2, 0.25) is 0 Å². The van der Waals surface area contributed by atoms with Crippen LogP contribution in [0.25, 0.3) is 0 Å². The van der Waals surface area contributed by atoms with Gasteiger partial charge in [-0.3, -0.25) is 9.59 Å². The van der Waals surface area contributed by atoms with Crippen LogP contribution >= 0.6 is 0 Å². The zero-order valence-corrected chi connectivity index (χ0v) is 19.1. The Morgan fingerprint density at radius 2 is 1.88 bits per heavy atom. The highest BCUT2D eigenvalue weighted by atomic mass is 16.5. The van der Waals surface area contributed by atoms with E-state index in [0.29, 0.717) is 12.3 Å². The molecule has 0 spiro atoms. The topological polar surface area (TPSA) is 65.1 Å². The number of amides is 2. The smallest absolute Gasteiger partial charge is 0.229 e. The number of nitrogens with zero attached hydrogens (tertiary/aromatic N) is 3. The molecule has 2 amide bonds. The summed E-state index contributed by atoms with van der Waals surface area (Å²) in [5, 5.41) is 3.04. The Balaban J connectivity index is 1.39. The molecule has 1 atom stereocenters. The fraction of sp³-hybridized carbons (Fsp3) is 0.440. The van der Waals surface area contributed by atoms with Gasteiger partial charge in [-0.2, -0.15) is 0 Å². The van der Waals surface area contributed by atoms with Gasteiger partial charge in [0.15, 0.2) is 0 Å². The number of hydrogen-bond donors (Lipinski definition) is 1. The second-order valence-corrected chi connectivity index (χ2v) is 8.52. The number of piperazine rings is 1. The minimum atomic E-state index is -0.380. The van der Waals surface area contributed by atoms with E-state index in [4.69, 9.17) is 4.74 Å². The van der Waals surface area contributed by atoms with Crippen LogP contribution in [0.3, 0.4) is 0 Å². The number of hydrogen-bond acceptors (Lipinski definition) is 5. The first-order valence-corrected chi connectivity index (χ1v) is 11.3. The first-order chi connectivity index (χ1) is 15.5. The van der Waals surface area contributed by atoms with Gasteiger partial charge in [0.1, 0.15) is 5.75 Å². The Kier molecular flexibility index (Phi) is 6.65. The Morgan fingerprint density at radius 1 is 1.09 bits per heavy atom. The van der Waals surface area contributed by atoms with Crippen LogP contribution in [0.1, 0.15) is 18.9 Å². The van der Waals surface area contributed by atoms with Gasteiger partial charge in [0.05, 0.1) is 13.0 Å². The van der Waals surface area contributed by atoms with E-state index < -0.39 is 0 Å².